The normalized spacial score (nSPS) is 10.9. The van der Waals surface area contributed by atoms with Crippen LogP contribution in [-0.4, -0.2) is 14.5 Å². The van der Waals surface area contributed by atoms with Crippen molar-refractivity contribution in [1.29, 1.82) is 0 Å². The molecule has 0 aliphatic carbocycles. The molecule has 2 heterocycles. The van der Waals surface area contributed by atoms with E-state index in [1.54, 1.807) is 11.3 Å². The van der Waals surface area contributed by atoms with Crippen LogP contribution in [-0.2, 0) is 20.1 Å². The van der Waals surface area contributed by atoms with Crippen LogP contribution in [0.15, 0.2) is 67.0 Å². The van der Waals surface area contributed by atoms with Crippen LogP contribution in [0.25, 0.3) is 38.4 Å². The summed E-state index contributed by atoms with van der Waals surface area (Å²) in [6, 6.07) is 22.4. The van der Waals surface area contributed by atoms with Crippen LogP contribution in [0.3, 0.4) is 0 Å². The molecule has 0 unspecified atom stereocenters. The summed E-state index contributed by atoms with van der Waals surface area (Å²) < 4.78 is 3.31. The van der Waals surface area contributed by atoms with E-state index in [-0.39, 0.29) is 20.1 Å². The van der Waals surface area contributed by atoms with Crippen LogP contribution in [0.5, 0.6) is 0 Å². The van der Waals surface area contributed by atoms with Gasteiger partial charge in [0, 0.05) is 38.2 Å². The summed E-state index contributed by atoms with van der Waals surface area (Å²) in [4.78, 5) is 9.32. The first-order valence-corrected chi connectivity index (χ1v) is 10.4. The second-order valence-electron chi connectivity index (χ2n) is 7.25. The molecule has 30 heavy (non-hydrogen) atoms. The van der Waals surface area contributed by atoms with E-state index in [0.29, 0.717) is 0 Å². The van der Waals surface area contributed by atoms with Crippen molar-refractivity contribution in [3.05, 3.63) is 89.2 Å². The molecule has 0 bridgehead atoms. The number of imidazole rings is 1. The molecule has 0 spiro atoms. The Morgan fingerprint density at radius 2 is 1.67 bits per heavy atom. The second-order valence-corrected chi connectivity index (χ2v) is 8.45. The molecule has 0 fully saturated rings. The molecule has 0 atom stereocenters. The number of hydrogen-bond acceptors (Lipinski definition) is 3. The topological polar surface area (TPSA) is 30.7 Å². The van der Waals surface area contributed by atoms with E-state index in [0.717, 1.165) is 26.6 Å². The Labute approximate surface area is 193 Å². The fraction of sp³-hybridized carbons (Fsp3) is 0.120. The van der Waals surface area contributed by atoms with E-state index >= 15 is 0 Å². The molecule has 3 aromatic carbocycles. The van der Waals surface area contributed by atoms with Crippen LogP contribution in [0.4, 0.5) is 0 Å². The molecule has 0 saturated heterocycles. The summed E-state index contributed by atoms with van der Waals surface area (Å²) in [6.07, 6.45) is 3.90. The van der Waals surface area contributed by atoms with Gasteiger partial charge in [-0.15, -0.1) is 18.2 Å². The Kier molecular flexibility index (Phi) is 5.70. The predicted octanol–water partition coefficient (Wildman–Crippen LogP) is 6.54. The SMILES string of the molecule is Cc1nc2cc[c-]c(-c3nccn3-c3c(C)cc(-c4ccccc4)cc3C)c2s1.[Ir]. The zero-order chi connectivity index (χ0) is 20.0. The summed E-state index contributed by atoms with van der Waals surface area (Å²) in [7, 11) is 0. The van der Waals surface area contributed by atoms with Gasteiger partial charge in [-0.3, -0.25) is 9.97 Å². The first-order valence-electron chi connectivity index (χ1n) is 9.60. The number of aromatic nitrogens is 3. The van der Waals surface area contributed by atoms with E-state index in [4.69, 9.17) is 4.98 Å². The minimum absolute atomic E-state index is 0. The van der Waals surface area contributed by atoms with Gasteiger partial charge in [0.25, 0.3) is 0 Å². The molecule has 0 saturated carbocycles. The first kappa shape index (κ1) is 20.7. The average Bonchev–Trinajstić information content (AvgIpc) is 3.33. The second kappa shape index (κ2) is 8.27. The zero-order valence-corrected chi connectivity index (χ0v) is 20.1. The Bertz CT molecular complexity index is 1310. The van der Waals surface area contributed by atoms with Crippen molar-refractivity contribution in [2.75, 3.05) is 0 Å². The van der Waals surface area contributed by atoms with Crippen molar-refractivity contribution >= 4 is 21.6 Å². The van der Waals surface area contributed by atoms with Gasteiger partial charge < -0.3 is 4.57 Å². The van der Waals surface area contributed by atoms with Crippen LogP contribution in [0.2, 0.25) is 0 Å². The molecule has 0 N–H and O–H groups in total. The quantitative estimate of drug-likeness (QED) is 0.225. The molecule has 0 amide bonds. The van der Waals surface area contributed by atoms with Gasteiger partial charge in [-0.1, -0.05) is 35.9 Å². The van der Waals surface area contributed by atoms with E-state index in [2.05, 4.69) is 65.9 Å². The van der Waals surface area contributed by atoms with Crippen molar-refractivity contribution < 1.29 is 20.1 Å². The molecule has 5 aromatic rings. The Morgan fingerprint density at radius 3 is 2.40 bits per heavy atom. The first-order chi connectivity index (χ1) is 14.1. The molecule has 1 radical (unpaired) electrons. The molecule has 2 aromatic heterocycles. The van der Waals surface area contributed by atoms with Crippen molar-refractivity contribution in [3.63, 3.8) is 0 Å². The standard InChI is InChI=1S/C25H20N3S.Ir/c1-16-14-20(19-8-5-4-6-9-19)15-17(2)23(16)28-13-12-26-25(28)21-10-7-11-22-24(21)29-18(3)27-22;/h4-9,11-15H,1-3H3;/q-1;. The maximum atomic E-state index is 4.70. The summed E-state index contributed by atoms with van der Waals surface area (Å²) in [6.45, 7) is 6.37. The van der Waals surface area contributed by atoms with Gasteiger partial charge >= 0.3 is 0 Å². The largest absolute Gasteiger partial charge is 0.339 e. The number of hydrogen-bond donors (Lipinski definition) is 0. The van der Waals surface area contributed by atoms with Crippen LogP contribution in [0.1, 0.15) is 16.1 Å². The Morgan fingerprint density at radius 1 is 0.933 bits per heavy atom. The van der Waals surface area contributed by atoms with Gasteiger partial charge in [-0.25, -0.2) is 0 Å². The van der Waals surface area contributed by atoms with E-state index in [9.17, 15) is 0 Å². The molecule has 0 aliphatic rings. The summed E-state index contributed by atoms with van der Waals surface area (Å²) in [5.41, 5.74) is 8.08. The van der Waals surface area contributed by atoms with Crippen molar-refractivity contribution in [2.45, 2.75) is 20.8 Å². The van der Waals surface area contributed by atoms with E-state index < -0.39 is 0 Å². The molecule has 0 aliphatic heterocycles. The van der Waals surface area contributed by atoms with Crippen molar-refractivity contribution in [1.82, 2.24) is 14.5 Å². The molecular weight excluding hydrogens is 567 g/mol. The Balaban J connectivity index is 0.00000218. The Hall–Kier alpha value is -2.59. The van der Waals surface area contributed by atoms with Crippen molar-refractivity contribution in [3.8, 4) is 28.2 Å². The number of thiazole rings is 1. The van der Waals surface area contributed by atoms with Gasteiger partial charge in [0.05, 0.1) is 10.8 Å². The van der Waals surface area contributed by atoms with Gasteiger partial charge in [0.15, 0.2) is 0 Å². The fourth-order valence-electron chi connectivity index (χ4n) is 3.97. The third-order valence-electron chi connectivity index (χ3n) is 5.16. The van der Waals surface area contributed by atoms with Gasteiger partial charge in [-0.05, 0) is 65.4 Å². The third-order valence-corrected chi connectivity index (χ3v) is 6.16. The van der Waals surface area contributed by atoms with Gasteiger partial charge in [-0.2, -0.15) is 11.3 Å². The monoisotopic (exact) mass is 587 g/mol. The van der Waals surface area contributed by atoms with E-state index in [1.165, 1.54) is 27.9 Å². The minimum atomic E-state index is 0. The van der Waals surface area contributed by atoms with Crippen molar-refractivity contribution in [2.24, 2.45) is 0 Å². The van der Waals surface area contributed by atoms with Gasteiger partial charge in [0.1, 0.15) is 0 Å². The van der Waals surface area contributed by atoms with Gasteiger partial charge in [0.2, 0.25) is 0 Å². The molecular formula is C25H20IrN3S-. The summed E-state index contributed by atoms with van der Waals surface area (Å²) in [5.74, 6) is 0.901. The number of fused-ring (bicyclic) bond motifs is 1. The fourth-order valence-corrected chi connectivity index (χ4v) is 4.88. The zero-order valence-electron chi connectivity index (χ0n) is 16.9. The molecule has 5 heteroatoms. The molecule has 5 rings (SSSR count). The van der Waals surface area contributed by atoms with Crippen LogP contribution in [0, 0.1) is 26.8 Å². The summed E-state index contributed by atoms with van der Waals surface area (Å²) >= 11 is 1.69. The molecule has 3 nitrogen and oxygen atoms in total. The number of rotatable bonds is 3. The van der Waals surface area contributed by atoms with E-state index in [1.807, 2.05) is 37.5 Å². The van der Waals surface area contributed by atoms with Crippen LogP contribution < -0.4 is 0 Å². The number of nitrogens with zero attached hydrogens (tertiary/aromatic N) is 3. The van der Waals surface area contributed by atoms with Crippen LogP contribution >= 0.6 is 11.3 Å². The maximum Gasteiger partial charge on any atom is 0.0796 e. The smallest absolute Gasteiger partial charge is 0.0796 e. The predicted molar refractivity (Wildman–Crippen MR) is 121 cm³/mol. The number of aryl methyl sites for hydroxylation is 3. The molecule has 151 valence electrons. The number of benzene rings is 3. The average molecular weight is 587 g/mol. The minimum Gasteiger partial charge on any atom is -0.339 e. The third kappa shape index (κ3) is 3.54. The maximum absolute atomic E-state index is 4.70. The summed E-state index contributed by atoms with van der Waals surface area (Å²) in [5, 5.41) is 1.05.